The molecule has 2 nitrogen and oxygen atoms in total. The largest absolute Gasteiger partial charge is 0.466 e. The molecule has 0 aliphatic rings. The van der Waals surface area contributed by atoms with Crippen LogP contribution in [0.15, 0.2) is 0 Å². The predicted molar refractivity (Wildman–Crippen MR) is 239 cm³/mol. The topological polar surface area (TPSA) is 26.3 Å². The number of carbonyl (C=O) groups excluding carboxylic acids is 1. The summed E-state index contributed by atoms with van der Waals surface area (Å²) in [4.78, 5) is 12.0. The SMILES string of the molecule is CCCCCCCCCCCCCCCCCCCCCCCCCCCCCCCCC(=O)OCCCCCCCCCCCCCCCCCC. The van der Waals surface area contributed by atoms with Crippen molar-refractivity contribution in [1.82, 2.24) is 0 Å². The smallest absolute Gasteiger partial charge is 0.305 e. The van der Waals surface area contributed by atoms with Crippen molar-refractivity contribution < 1.29 is 9.53 Å². The summed E-state index contributed by atoms with van der Waals surface area (Å²) in [6.45, 7) is 5.24. The van der Waals surface area contributed by atoms with Gasteiger partial charge in [0.25, 0.3) is 0 Å². The van der Waals surface area contributed by atoms with Crippen LogP contribution in [0.5, 0.6) is 0 Å². The fourth-order valence-corrected chi connectivity index (χ4v) is 8.20. The minimum atomic E-state index is 0.0335. The average molecular weight is 747 g/mol. The second kappa shape index (κ2) is 49.5. The van der Waals surface area contributed by atoms with Gasteiger partial charge in [0.2, 0.25) is 0 Å². The minimum absolute atomic E-state index is 0.0335. The van der Waals surface area contributed by atoms with E-state index in [9.17, 15) is 4.79 Å². The third-order valence-electron chi connectivity index (χ3n) is 12.0. The van der Waals surface area contributed by atoms with Crippen LogP contribution in [0.4, 0.5) is 0 Å². The van der Waals surface area contributed by atoms with Crippen molar-refractivity contribution in [2.75, 3.05) is 6.61 Å². The zero-order valence-electron chi connectivity index (χ0n) is 37.3. The molecule has 0 N–H and O–H groups in total. The van der Waals surface area contributed by atoms with Crippen LogP contribution in [0.2, 0.25) is 0 Å². The van der Waals surface area contributed by atoms with Gasteiger partial charge < -0.3 is 4.74 Å². The number of rotatable bonds is 48. The molecule has 0 amide bonds. The minimum Gasteiger partial charge on any atom is -0.466 e. The average Bonchev–Trinajstić information content (AvgIpc) is 3.16. The summed E-state index contributed by atoms with van der Waals surface area (Å²) in [6, 6.07) is 0. The van der Waals surface area contributed by atoms with E-state index in [0.29, 0.717) is 13.0 Å². The maximum absolute atomic E-state index is 12.0. The Morgan fingerprint density at radius 3 is 0.623 bits per heavy atom. The lowest BCUT2D eigenvalue weighted by Gasteiger charge is -2.06. The van der Waals surface area contributed by atoms with Gasteiger partial charge in [0, 0.05) is 6.42 Å². The normalized spacial score (nSPS) is 11.5. The van der Waals surface area contributed by atoms with Gasteiger partial charge in [-0.15, -0.1) is 0 Å². The van der Waals surface area contributed by atoms with E-state index < -0.39 is 0 Å². The number of esters is 1. The highest BCUT2D eigenvalue weighted by molar-refractivity contribution is 5.69. The van der Waals surface area contributed by atoms with Crippen molar-refractivity contribution in [2.24, 2.45) is 0 Å². The lowest BCUT2D eigenvalue weighted by molar-refractivity contribution is -0.143. The molecule has 0 aromatic rings. The Labute approximate surface area is 336 Å². The van der Waals surface area contributed by atoms with Gasteiger partial charge in [-0.2, -0.15) is 0 Å². The molecule has 0 aromatic heterocycles. The molecule has 0 aliphatic carbocycles. The molecule has 0 saturated heterocycles. The molecule has 0 radical (unpaired) electrons. The molecule has 53 heavy (non-hydrogen) atoms. The summed E-state index contributed by atoms with van der Waals surface area (Å²) < 4.78 is 5.49. The van der Waals surface area contributed by atoms with E-state index in [1.807, 2.05) is 0 Å². The monoisotopic (exact) mass is 747 g/mol. The molecule has 0 rings (SSSR count). The van der Waals surface area contributed by atoms with Gasteiger partial charge in [-0.25, -0.2) is 0 Å². The van der Waals surface area contributed by atoms with Gasteiger partial charge in [-0.3, -0.25) is 4.79 Å². The van der Waals surface area contributed by atoms with Crippen LogP contribution < -0.4 is 0 Å². The molecule has 0 saturated carbocycles. The van der Waals surface area contributed by atoms with Crippen LogP contribution in [0.25, 0.3) is 0 Å². The number of hydrogen-bond acceptors (Lipinski definition) is 2. The fourth-order valence-electron chi connectivity index (χ4n) is 8.20. The first kappa shape index (κ1) is 52.5. The zero-order valence-corrected chi connectivity index (χ0v) is 37.3. The number of unbranched alkanes of at least 4 members (excludes halogenated alkanes) is 44. The second-order valence-corrected chi connectivity index (χ2v) is 17.5. The molecule has 0 aromatic carbocycles. The van der Waals surface area contributed by atoms with Crippen molar-refractivity contribution in [3.05, 3.63) is 0 Å². The summed E-state index contributed by atoms with van der Waals surface area (Å²) in [5.74, 6) is 0.0335. The van der Waals surface area contributed by atoms with Crippen molar-refractivity contribution in [2.45, 2.75) is 316 Å². The Morgan fingerprint density at radius 1 is 0.245 bits per heavy atom. The summed E-state index contributed by atoms with van der Waals surface area (Å²) in [6.07, 6.45) is 65.4. The molecule has 0 heterocycles. The van der Waals surface area contributed by atoms with Gasteiger partial charge in [0.05, 0.1) is 6.61 Å². The predicted octanol–water partition coefficient (Wildman–Crippen LogP) is 18.9. The van der Waals surface area contributed by atoms with Crippen molar-refractivity contribution in [3.8, 4) is 0 Å². The molecular formula is C51H102O2. The van der Waals surface area contributed by atoms with E-state index >= 15 is 0 Å². The van der Waals surface area contributed by atoms with Crippen LogP contribution >= 0.6 is 0 Å². The summed E-state index contributed by atoms with van der Waals surface area (Å²) in [7, 11) is 0. The Hall–Kier alpha value is -0.530. The van der Waals surface area contributed by atoms with Crippen LogP contribution in [0.1, 0.15) is 316 Å². The fraction of sp³-hybridized carbons (Fsp3) is 0.980. The molecular weight excluding hydrogens is 645 g/mol. The van der Waals surface area contributed by atoms with Crippen LogP contribution in [0.3, 0.4) is 0 Å². The van der Waals surface area contributed by atoms with Gasteiger partial charge >= 0.3 is 5.97 Å². The van der Waals surface area contributed by atoms with Crippen LogP contribution in [-0.4, -0.2) is 12.6 Å². The standard InChI is InChI=1S/C51H102O2/c1-3-5-7-9-11-13-15-17-19-21-22-23-24-25-26-27-28-29-30-31-32-33-34-35-37-39-41-43-45-47-49-51(52)53-50-48-46-44-42-40-38-36-20-18-16-14-12-10-8-6-4-2/h3-50H2,1-2H3. The van der Waals surface area contributed by atoms with E-state index in [1.54, 1.807) is 0 Å². The molecule has 318 valence electrons. The second-order valence-electron chi connectivity index (χ2n) is 17.5. The van der Waals surface area contributed by atoms with E-state index in [4.69, 9.17) is 4.74 Å². The molecule has 0 bridgehead atoms. The molecule has 0 spiro atoms. The molecule has 0 fully saturated rings. The number of ether oxygens (including phenoxy) is 1. The van der Waals surface area contributed by atoms with Crippen LogP contribution in [-0.2, 0) is 9.53 Å². The Balaban J connectivity index is 3.13. The highest BCUT2D eigenvalue weighted by atomic mass is 16.5. The van der Waals surface area contributed by atoms with Crippen molar-refractivity contribution in [1.29, 1.82) is 0 Å². The molecule has 0 aliphatic heterocycles. The van der Waals surface area contributed by atoms with Gasteiger partial charge in [-0.1, -0.05) is 296 Å². The van der Waals surface area contributed by atoms with E-state index in [2.05, 4.69) is 13.8 Å². The van der Waals surface area contributed by atoms with E-state index in [0.717, 1.165) is 12.8 Å². The van der Waals surface area contributed by atoms with Crippen LogP contribution in [0, 0.1) is 0 Å². The van der Waals surface area contributed by atoms with E-state index in [-0.39, 0.29) is 5.97 Å². The van der Waals surface area contributed by atoms with Gasteiger partial charge in [0.1, 0.15) is 0 Å². The molecule has 0 atom stereocenters. The third-order valence-corrected chi connectivity index (χ3v) is 12.0. The van der Waals surface area contributed by atoms with E-state index in [1.165, 1.54) is 283 Å². The lowest BCUT2D eigenvalue weighted by atomic mass is 10.0. The Kier molecular flexibility index (Phi) is 49.0. The first-order chi connectivity index (χ1) is 26.3. The maximum Gasteiger partial charge on any atom is 0.305 e. The summed E-state index contributed by atoms with van der Waals surface area (Å²) >= 11 is 0. The number of hydrogen-bond donors (Lipinski definition) is 0. The molecule has 2 heteroatoms. The molecule has 0 unspecified atom stereocenters. The summed E-state index contributed by atoms with van der Waals surface area (Å²) in [5.41, 5.74) is 0. The Morgan fingerprint density at radius 2 is 0.415 bits per heavy atom. The van der Waals surface area contributed by atoms with Gasteiger partial charge in [-0.05, 0) is 12.8 Å². The first-order valence-corrected chi connectivity index (χ1v) is 25.5. The third kappa shape index (κ3) is 49.5. The highest BCUT2D eigenvalue weighted by Gasteiger charge is 2.03. The Bertz CT molecular complexity index is 644. The first-order valence-electron chi connectivity index (χ1n) is 25.5. The number of carbonyl (C=O) groups is 1. The lowest BCUT2D eigenvalue weighted by Crippen LogP contribution is -2.05. The van der Waals surface area contributed by atoms with Crippen molar-refractivity contribution in [3.63, 3.8) is 0 Å². The quantitative estimate of drug-likeness (QED) is 0.0458. The van der Waals surface area contributed by atoms with Crippen molar-refractivity contribution >= 4 is 5.97 Å². The van der Waals surface area contributed by atoms with Gasteiger partial charge in [0.15, 0.2) is 0 Å². The highest BCUT2D eigenvalue weighted by Crippen LogP contribution is 2.18. The zero-order chi connectivity index (χ0) is 38.2. The summed E-state index contributed by atoms with van der Waals surface area (Å²) in [5, 5.41) is 0. The maximum atomic E-state index is 12.0.